The number of methoxy groups -OCH3 is 1. The Hall–Kier alpha value is -1.90. The second kappa shape index (κ2) is 9.54. The van der Waals surface area contributed by atoms with Crippen LogP contribution in [0.2, 0.25) is 0 Å². The second-order valence-electron chi connectivity index (χ2n) is 6.84. The van der Waals surface area contributed by atoms with Crippen molar-refractivity contribution in [2.45, 2.75) is 29.9 Å². The zero-order valence-corrected chi connectivity index (χ0v) is 17.6. The molecule has 2 heterocycles. The van der Waals surface area contributed by atoms with Gasteiger partial charge in [0.05, 0.1) is 13.0 Å². The van der Waals surface area contributed by atoms with E-state index in [2.05, 4.69) is 5.32 Å². The van der Waals surface area contributed by atoms with Crippen molar-refractivity contribution >= 4 is 27.3 Å². The highest BCUT2D eigenvalue weighted by Crippen LogP contribution is 2.26. The molecule has 3 rings (SSSR count). The molecule has 0 saturated carbocycles. The Morgan fingerprint density at radius 2 is 2.11 bits per heavy atom. The van der Waals surface area contributed by atoms with Crippen LogP contribution in [0, 0.1) is 5.92 Å². The van der Waals surface area contributed by atoms with Crippen molar-refractivity contribution in [3.63, 3.8) is 0 Å². The van der Waals surface area contributed by atoms with E-state index in [0.29, 0.717) is 23.7 Å². The Labute approximate surface area is 170 Å². The van der Waals surface area contributed by atoms with Gasteiger partial charge in [0, 0.05) is 19.6 Å². The SMILES string of the molecule is COc1ccccc1CCCNC(=O)[C@@H]1CCCN(S(=O)(=O)c2cccs2)C1. The zero-order chi connectivity index (χ0) is 20.0. The smallest absolute Gasteiger partial charge is 0.252 e. The van der Waals surface area contributed by atoms with E-state index < -0.39 is 10.0 Å². The number of carbonyl (C=O) groups is 1. The number of hydrogen-bond donors (Lipinski definition) is 1. The number of benzene rings is 1. The van der Waals surface area contributed by atoms with Crippen molar-refractivity contribution < 1.29 is 17.9 Å². The van der Waals surface area contributed by atoms with Crippen molar-refractivity contribution in [1.82, 2.24) is 9.62 Å². The molecule has 1 N–H and O–H groups in total. The molecule has 1 aliphatic heterocycles. The lowest BCUT2D eigenvalue weighted by Crippen LogP contribution is -2.45. The maximum Gasteiger partial charge on any atom is 0.252 e. The quantitative estimate of drug-likeness (QED) is 0.664. The summed E-state index contributed by atoms with van der Waals surface area (Å²) in [7, 11) is -1.84. The van der Waals surface area contributed by atoms with Gasteiger partial charge < -0.3 is 10.1 Å². The average Bonchev–Trinajstić information content (AvgIpc) is 3.27. The van der Waals surface area contributed by atoms with Gasteiger partial charge in [-0.25, -0.2) is 8.42 Å². The molecule has 1 aliphatic rings. The van der Waals surface area contributed by atoms with Crippen LogP contribution < -0.4 is 10.1 Å². The van der Waals surface area contributed by atoms with E-state index in [1.807, 2.05) is 24.3 Å². The predicted molar refractivity (Wildman–Crippen MR) is 110 cm³/mol. The fourth-order valence-corrected chi connectivity index (χ4v) is 6.12. The summed E-state index contributed by atoms with van der Waals surface area (Å²) in [5, 5.41) is 4.72. The van der Waals surface area contributed by atoms with E-state index in [1.165, 1.54) is 15.6 Å². The van der Waals surface area contributed by atoms with E-state index in [4.69, 9.17) is 4.74 Å². The summed E-state index contributed by atoms with van der Waals surface area (Å²) in [4.78, 5) is 12.5. The van der Waals surface area contributed by atoms with Gasteiger partial charge in [-0.2, -0.15) is 4.31 Å². The second-order valence-corrected chi connectivity index (χ2v) is 9.95. The minimum atomic E-state index is -3.50. The molecule has 1 atom stereocenters. The first kappa shape index (κ1) is 20.8. The lowest BCUT2D eigenvalue weighted by Gasteiger charge is -2.30. The summed E-state index contributed by atoms with van der Waals surface area (Å²) in [6.07, 6.45) is 3.03. The highest BCUT2D eigenvalue weighted by molar-refractivity contribution is 7.91. The molecule has 2 aromatic rings. The third-order valence-corrected chi connectivity index (χ3v) is 8.20. The van der Waals surface area contributed by atoms with E-state index >= 15 is 0 Å². The summed E-state index contributed by atoms with van der Waals surface area (Å²) in [6.45, 7) is 1.28. The fourth-order valence-electron chi connectivity index (χ4n) is 3.46. The minimum Gasteiger partial charge on any atom is -0.496 e. The van der Waals surface area contributed by atoms with Crippen LogP contribution in [0.3, 0.4) is 0 Å². The Morgan fingerprint density at radius 1 is 1.29 bits per heavy atom. The molecule has 0 radical (unpaired) electrons. The number of nitrogens with zero attached hydrogens (tertiary/aromatic N) is 1. The highest BCUT2D eigenvalue weighted by Gasteiger charge is 2.33. The monoisotopic (exact) mass is 422 g/mol. The fraction of sp³-hybridized carbons (Fsp3) is 0.450. The first-order chi connectivity index (χ1) is 13.5. The number of para-hydroxylation sites is 1. The van der Waals surface area contributed by atoms with Crippen LogP contribution >= 0.6 is 11.3 Å². The molecule has 6 nitrogen and oxygen atoms in total. The number of piperidine rings is 1. The summed E-state index contributed by atoms with van der Waals surface area (Å²) < 4.78 is 32.5. The van der Waals surface area contributed by atoms with Crippen molar-refractivity contribution in [2.75, 3.05) is 26.7 Å². The van der Waals surface area contributed by atoms with Gasteiger partial charge in [-0.15, -0.1) is 11.3 Å². The number of rotatable bonds is 8. The molecule has 152 valence electrons. The minimum absolute atomic E-state index is 0.0638. The number of hydrogen-bond acceptors (Lipinski definition) is 5. The number of aryl methyl sites for hydroxylation is 1. The van der Waals surface area contributed by atoms with Crippen molar-refractivity contribution in [2.24, 2.45) is 5.92 Å². The molecule has 0 spiro atoms. The number of nitrogens with one attached hydrogen (secondary N) is 1. The third-order valence-electron chi connectivity index (χ3n) is 4.96. The van der Waals surface area contributed by atoms with Crippen LogP contribution in [-0.2, 0) is 21.2 Å². The zero-order valence-electron chi connectivity index (χ0n) is 16.0. The summed E-state index contributed by atoms with van der Waals surface area (Å²) in [5.74, 6) is 0.497. The van der Waals surface area contributed by atoms with Gasteiger partial charge in [0.25, 0.3) is 10.0 Å². The standard InChI is InChI=1S/C20H26N2O4S2/c1-26-18-10-3-2-7-16(18)8-4-12-21-20(23)17-9-5-13-22(15-17)28(24,25)19-11-6-14-27-19/h2-3,6-7,10-11,14,17H,4-5,8-9,12-13,15H2,1H3,(H,21,23)/t17-/m1/s1. The molecule has 1 fully saturated rings. The first-order valence-electron chi connectivity index (χ1n) is 9.45. The predicted octanol–water partition coefficient (Wildman–Crippen LogP) is 2.91. The Morgan fingerprint density at radius 3 is 2.86 bits per heavy atom. The molecule has 1 amide bonds. The molecule has 0 unspecified atom stereocenters. The Balaban J connectivity index is 1.49. The molecule has 0 bridgehead atoms. The maximum absolute atomic E-state index is 12.7. The summed E-state index contributed by atoms with van der Waals surface area (Å²) in [5.41, 5.74) is 1.12. The third kappa shape index (κ3) is 4.92. The van der Waals surface area contributed by atoms with E-state index in [1.54, 1.807) is 24.6 Å². The van der Waals surface area contributed by atoms with Gasteiger partial charge >= 0.3 is 0 Å². The molecule has 1 aromatic carbocycles. The number of thiophene rings is 1. The van der Waals surface area contributed by atoms with Gasteiger partial charge in [-0.1, -0.05) is 24.3 Å². The Kier molecular flexibility index (Phi) is 7.09. The van der Waals surface area contributed by atoms with Crippen LogP contribution in [0.25, 0.3) is 0 Å². The van der Waals surface area contributed by atoms with Crippen molar-refractivity contribution in [1.29, 1.82) is 0 Å². The van der Waals surface area contributed by atoms with Crippen molar-refractivity contribution in [3.8, 4) is 5.75 Å². The molecule has 0 aliphatic carbocycles. The normalized spacial score (nSPS) is 18.0. The average molecular weight is 423 g/mol. The van der Waals surface area contributed by atoms with Crippen molar-refractivity contribution in [3.05, 3.63) is 47.3 Å². The molecular weight excluding hydrogens is 396 g/mol. The molecule has 1 aromatic heterocycles. The maximum atomic E-state index is 12.7. The van der Waals surface area contributed by atoms with Crippen LogP contribution in [0.5, 0.6) is 5.75 Å². The van der Waals surface area contributed by atoms with Crippen LogP contribution in [0.15, 0.2) is 46.0 Å². The van der Waals surface area contributed by atoms with Crippen LogP contribution in [0.4, 0.5) is 0 Å². The highest BCUT2D eigenvalue weighted by atomic mass is 32.2. The van der Waals surface area contributed by atoms with Gasteiger partial charge in [0.1, 0.15) is 9.96 Å². The largest absolute Gasteiger partial charge is 0.496 e. The lowest BCUT2D eigenvalue weighted by molar-refractivity contribution is -0.126. The van der Waals surface area contributed by atoms with E-state index in [-0.39, 0.29) is 18.4 Å². The van der Waals surface area contributed by atoms with E-state index in [0.717, 1.165) is 30.6 Å². The summed E-state index contributed by atoms with van der Waals surface area (Å²) in [6, 6.07) is 11.2. The first-order valence-corrected chi connectivity index (χ1v) is 11.8. The number of ether oxygens (including phenoxy) is 1. The molecule has 8 heteroatoms. The van der Waals surface area contributed by atoms with Gasteiger partial charge in [0.15, 0.2) is 0 Å². The Bertz CT molecular complexity index is 881. The van der Waals surface area contributed by atoms with Gasteiger partial charge in [-0.3, -0.25) is 4.79 Å². The van der Waals surface area contributed by atoms with Crippen LogP contribution in [-0.4, -0.2) is 45.4 Å². The van der Waals surface area contributed by atoms with Gasteiger partial charge in [-0.05, 0) is 48.8 Å². The van der Waals surface area contributed by atoms with Gasteiger partial charge in [0.2, 0.25) is 5.91 Å². The topological polar surface area (TPSA) is 75.7 Å². The molecule has 28 heavy (non-hydrogen) atoms. The number of sulfonamides is 1. The number of amides is 1. The molecular formula is C20H26N2O4S2. The molecule has 1 saturated heterocycles. The lowest BCUT2D eigenvalue weighted by atomic mass is 9.99. The number of carbonyl (C=O) groups excluding carboxylic acids is 1. The van der Waals surface area contributed by atoms with Crippen LogP contribution in [0.1, 0.15) is 24.8 Å². The summed E-state index contributed by atoms with van der Waals surface area (Å²) >= 11 is 1.21. The van der Waals surface area contributed by atoms with E-state index in [9.17, 15) is 13.2 Å².